The van der Waals surface area contributed by atoms with Gasteiger partial charge in [0.05, 0.1) is 30.3 Å². The standard InChI is InChI=1S/C33H35F3N4O3/c1-21-4-5-22(10-27(21)18-37-29-16-24-14-26(32(42)43-3)17-30(24)38-19-29)13-31(41)25-11-23(12-28(15-25)33(34,35)36)20-40-8-6-39(2)7-9-40/h4-5,10-12,14-16,19,37H,6-9,13,17-18,20H2,1-3H3. The number of piperazine rings is 1. The quantitative estimate of drug-likeness (QED) is 0.267. The van der Waals surface area contributed by atoms with E-state index in [9.17, 15) is 22.8 Å². The number of nitrogens with zero attached hydrogens (tertiary/aromatic N) is 3. The topological polar surface area (TPSA) is 74.8 Å². The second kappa shape index (κ2) is 12.7. The fraction of sp³-hybridized carbons (Fsp3) is 0.364. The number of anilines is 1. The molecular weight excluding hydrogens is 557 g/mol. The number of alkyl halides is 3. The number of halogens is 3. The molecular formula is C33H35F3N4O3. The van der Waals surface area contributed by atoms with Crippen LogP contribution >= 0.6 is 0 Å². The van der Waals surface area contributed by atoms with E-state index in [1.807, 2.05) is 38.2 Å². The van der Waals surface area contributed by atoms with Gasteiger partial charge in [-0.2, -0.15) is 13.2 Å². The van der Waals surface area contributed by atoms with Crippen LogP contribution in [0.2, 0.25) is 0 Å². The van der Waals surface area contributed by atoms with Crippen molar-refractivity contribution < 1.29 is 27.5 Å². The lowest BCUT2D eigenvalue weighted by Gasteiger charge is -2.32. The van der Waals surface area contributed by atoms with Crippen LogP contribution in [0.25, 0.3) is 6.08 Å². The molecule has 0 unspecified atom stereocenters. The summed E-state index contributed by atoms with van der Waals surface area (Å²) in [6, 6.07) is 11.3. The van der Waals surface area contributed by atoms with Crippen LogP contribution in [-0.2, 0) is 41.6 Å². The van der Waals surface area contributed by atoms with E-state index in [0.29, 0.717) is 30.6 Å². The van der Waals surface area contributed by atoms with E-state index in [0.717, 1.165) is 71.9 Å². The van der Waals surface area contributed by atoms with Gasteiger partial charge in [0, 0.05) is 63.2 Å². The largest absolute Gasteiger partial charge is 0.466 e. The second-order valence-electron chi connectivity index (χ2n) is 11.3. The first-order chi connectivity index (χ1) is 20.5. The molecule has 226 valence electrons. The van der Waals surface area contributed by atoms with Gasteiger partial charge in [-0.15, -0.1) is 0 Å². The Hall–Kier alpha value is -4.02. The highest BCUT2D eigenvalue weighted by atomic mass is 19.4. The zero-order chi connectivity index (χ0) is 30.7. The van der Waals surface area contributed by atoms with Crippen LogP contribution in [0.5, 0.6) is 0 Å². The van der Waals surface area contributed by atoms with Gasteiger partial charge in [0.15, 0.2) is 5.78 Å². The van der Waals surface area contributed by atoms with Crippen LogP contribution in [0.4, 0.5) is 18.9 Å². The molecule has 0 atom stereocenters. The van der Waals surface area contributed by atoms with Crippen molar-refractivity contribution in [2.24, 2.45) is 0 Å². The Kier molecular flexibility index (Phi) is 8.98. The van der Waals surface area contributed by atoms with Crippen LogP contribution in [0.3, 0.4) is 0 Å². The molecule has 1 saturated heterocycles. The van der Waals surface area contributed by atoms with Crippen LogP contribution in [0, 0.1) is 6.92 Å². The SMILES string of the molecule is COC(=O)C1=Cc2cc(NCc3cc(CC(=O)c4cc(CN5CCN(C)CC5)cc(C(F)(F)F)c4)ccc3C)cnc2C1. The normalized spacial score (nSPS) is 15.6. The Bertz CT molecular complexity index is 1560. The molecule has 2 aliphatic rings. The number of methoxy groups -OCH3 is 1. The smallest absolute Gasteiger partial charge is 0.416 e. The Morgan fingerprint density at radius 1 is 1.02 bits per heavy atom. The highest BCUT2D eigenvalue weighted by Crippen LogP contribution is 2.32. The molecule has 1 aliphatic carbocycles. The minimum absolute atomic E-state index is 0.00988. The van der Waals surface area contributed by atoms with E-state index < -0.39 is 11.7 Å². The lowest BCUT2D eigenvalue weighted by atomic mass is 9.96. The van der Waals surface area contributed by atoms with Gasteiger partial charge in [-0.25, -0.2) is 4.79 Å². The summed E-state index contributed by atoms with van der Waals surface area (Å²) in [4.78, 5) is 34.0. The maximum absolute atomic E-state index is 13.8. The number of carbonyl (C=O) groups is 2. The Labute approximate surface area is 249 Å². The first-order valence-electron chi connectivity index (χ1n) is 14.2. The number of likely N-dealkylation sites (N-methyl/N-ethyl adjacent to an activating group) is 1. The highest BCUT2D eigenvalue weighted by molar-refractivity contribution is 5.98. The number of hydrogen-bond donors (Lipinski definition) is 1. The molecule has 0 radical (unpaired) electrons. The highest BCUT2D eigenvalue weighted by Gasteiger charge is 2.32. The molecule has 3 aromatic rings. The maximum Gasteiger partial charge on any atom is 0.416 e. The molecule has 1 aromatic heterocycles. The van der Waals surface area contributed by atoms with E-state index in [4.69, 9.17) is 4.74 Å². The third-order valence-electron chi connectivity index (χ3n) is 8.04. The molecule has 0 spiro atoms. The summed E-state index contributed by atoms with van der Waals surface area (Å²) < 4.78 is 46.1. The summed E-state index contributed by atoms with van der Waals surface area (Å²) in [5.41, 5.74) is 5.46. The number of fused-ring (bicyclic) bond motifs is 1. The first-order valence-corrected chi connectivity index (χ1v) is 14.2. The van der Waals surface area contributed by atoms with Gasteiger partial charge in [-0.3, -0.25) is 14.7 Å². The number of Topliss-reactive ketones (excluding diaryl/α,β-unsaturated/α-hetero) is 1. The van der Waals surface area contributed by atoms with Crippen LogP contribution in [0.15, 0.2) is 54.2 Å². The summed E-state index contributed by atoms with van der Waals surface area (Å²) in [6.45, 7) is 6.03. The van der Waals surface area contributed by atoms with Crippen LogP contribution in [0.1, 0.15) is 49.4 Å². The number of aromatic nitrogens is 1. The van der Waals surface area contributed by atoms with Crippen molar-refractivity contribution in [3.05, 3.63) is 98.9 Å². The number of ether oxygens (including phenoxy) is 1. The fourth-order valence-electron chi connectivity index (χ4n) is 5.44. The second-order valence-corrected chi connectivity index (χ2v) is 11.3. The minimum Gasteiger partial charge on any atom is -0.466 e. The average molecular weight is 593 g/mol. The third kappa shape index (κ3) is 7.50. The van der Waals surface area contributed by atoms with Crippen molar-refractivity contribution in [3.63, 3.8) is 0 Å². The summed E-state index contributed by atoms with van der Waals surface area (Å²) in [5.74, 6) is -0.726. The number of nitrogens with one attached hydrogen (secondary N) is 1. The van der Waals surface area contributed by atoms with Crippen molar-refractivity contribution in [2.75, 3.05) is 45.7 Å². The number of pyridine rings is 1. The predicted octanol–water partition coefficient (Wildman–Crippen LogP) is 5.31. The number of carbonyl (C=O) groups excluding carboxylic acids is 2. The lowest BCUT2D eigenvalue weighted by Crippen LogP contribution is -2.43. The van der Waals surface area contributed by atoms with Crippen molar-refractivity contribution in [1.82, 2.24) is 14.8 Å². The molecule has 7 nitrogen and oxygen atoms in total. The van der Waals surface area contributed by atoms with Crippen molar-refractivity contribution in [2.45, 2.75) is 39.0 Å². The lowest BCUT2D eigenvalue weighted by molar-refractivity contribution is -0.138. The number of hydrogen-bond acceptors (Lipinski definition) is 7. The number of aryl methyl sites for hydroxylation is 1. The van der Waals surface area contributed by atoms with E-state index >= 15 is 0 Å². The van der Waals surface area contributed by atoms with Gasteiger partial charge in [0.2, 0.25) is 0 Å². The summed E-state index contributed by atoms with van der Waals surface area (Å²) in [7, 11) is 3.37. The van der Waals surface area contributed by atoms with E-state index in [1.54, 1.807) is 18.3 Å². The monoisotopic (exact) mass is 592 g/mol. The Morgan fingerprint density at radius 3 is 2.51 bits per heavy atom. The van der Waals surface area contributed by atoms with Gasteiger partial charge in [-0.05, 0) is 72.1 Å². The number of benzene rings is 2. The molecule has 0 amide bonds. The maximum atomic E-state index is 13.8. The first kappa shape index (κ1) is 30.4. The Balaban J connectivity index is 1.29. The summed E-state index contributed by atoms with van der Waals surface area (Å²) in [6.07, 6.45) is -0.631. The van der Waals surface area contributed by atoms with E-state index in [2.05, 4.69) is 20.1 Å². The molecule has 10 heteroatoms. The van der Waals surface area contributed by atoms with Crippen LogP contribution < -0.4 is 5.32 Å². The molecule has 0 bridgehead atoms. The van der Waals surface area contributed by atoms with Gasteiger partial charge in [-0.1, -0.05) is 18.2 Å². The fourth-order valence-corrected chi connectivity index (χ4v) is 5.44. The Morgan fingerprint density at radius 2 is 1.79 bits per heavy atom. The van der Waals surface area contributed by atoms with Crippen molar-refractivity contribution >= 4 is 23.5 Å². The zero-order valence-electron chi connectivity index (χ0n) is 24.6. The van der Waals surface area contributed by atoms with E-state index in [-0.39, 0.29) is 23.7 Å². The predicted molar refractivity (Wildman–Crippen MR) is 159 cm³/mol. The number of rotatable bonds is 9. The van der Waals surface area contributed by atoms with Gasteiger partial charge >= 0.3 is 12.1 Å². The third-order valence-corrected chi connectivity index (χ3v) is 8.04. The number of esters is 1. The molecule has 43 heavy (non-hydrogen) atoms. The molecule has 1 aliphatic heterocycles. The molecule has 2 heterocycles. The van der Waals surface area contributed by atoms with Crippen molar-refractivity contribution in [3.8, 4) is 0 Å². The average Bonchev–Trinajstić information content (AvgIpc) is 3.41. The molecule has 2 aromatic carbocycles. The van der Waals surface area contributed by atoms with Crippen LogP contribution in [-0.4, -0.2) is 66.9 Å². The molecule has 1 N–H and O–H groups in total. The van der Waals surface area contributed by atoms with E-state index in [1.165, 1.54) is 7.11 Å². The summed E-state index contributed by atoms with van der Waals surface area (Å²) in [5, 5.41) is 3.35. The van der Waals surface area contributed by atoms with Gasteiger partial charge in [0.25, 0.3) is 0 Å². The zero-order valence-corrected chi connectivity index (χ0v) is 24.6. The molecule has 1 fully saturated rings. The van der Waals surface area contributed by atoms with Gasteiger partial charge in [0.1, 0.15) is 0 Å². The molecule has 5 rings (SSSR count). The molecule has 0 saturated carbocycles. The summed E-state index contributed by atoms with van der Waals surface area (Å²) >= 11 is 0. The number of ketones is 1. The van der Waals surface area contributed by atoms with Crippen molar-refractivity contribution in [1.29, 1.82) is 0 Å². The minimum atomic E-state index is -4.54. The van der Waals surface area contributed by atoms with Gasteiger partial charge < -0.3 is 15.0 Å².